The van der Waals surface area contributed by atoms with Crippen molar-refractivity contribution in [3.05, 3.63) is 73.8 Å². The molecular formula is C23H30N8O5. The number of aliphatic hydroxyl groups excluding tert-OH is 1. The van der Waals surface area contributed by atoms with Gasteiger partial charge in [-0.15, -0.1) is 10.2 Å². The molecular weight excluding hydrogens is 468 g/mol. The number of aromatic nitrogens is 6. The third-order valence-electron chi connectivity index (χ3n) is 6.22. The molecule has 36 heavy (non-hydrogen) atoms. The van der Waals surface area contributed by atoms with Crippen LogP contribution in [0.15, 0.2) is 40.1 Å². The first kappa shape index (κ1) is 25.4. The van der Waals surface area contributed by atoms with E-state index in [2.05, 4.69) is 25.6 Å². The number of benzene rings is 1. The summed E-state index contributed by atoms with van der Waals surface area (Å²) in [5.41, 5.74) is 0.320. The van der Waals surface area contributed by atoms with E-state index < -0.39 is 23.3 Å². The van der Waals surface area contributed by atoms with E-state index in [-0.39, 0.29) is 30.5 Å². The third kappa shape index (κ3) is 5.75. The molecule has 3 heterocycles. The molecule has 0 radical (unpaired) electrons. The summed E-state index contributed by atoms with van der Waals surface area (Å²) in [6.07, 6.45) is 0.375. The van der Waals surface area contributed by atoms with Gasteiger partial charge in [0.15, 0.2) is 5.82 Å². The van der Waals surface area contributed by atoms with Crippen molar-refractivity contribution in [1.82, 2.24) is 39.6 Å². The lowest BCUT2D eigenvalue weighted by atomic mass is 10.1. The Bertz CT molecular complexity index is 1330. The first-order valence-electron chi connectivity index (χ1n) is 11.6. The van der Waals surface area contributed by atoms with Gasteiger partial charge >= 0.3 is 5.69 Å². The molecule has 1 saturated heterocycles. The Kier molecular flexibility index (Phi) is 7.72. The van der Waals surface area contributed by atoms with Crippen LogP contribution in [0.3, 0.4) is 0 Å². The molecule has 3 aromatic rings. The number of aliphatic hydroxyl groups is 1. The first-order valence-corrected chi connectivity index (χ1v) is 11.6. The monoisotopic (exact) mass is 498 g/mol. The lowest BCUT2D eigenvalue weighted by molar-refractivity contribution is 0.00667. The molecule has 4 rings (SSSR count). The molecule has 1 aromatic carbocycles. The van der Waals surface area contributed by atoms with E-state index in [1.54, 1.807) is 0 Å². The van der Waals surface area contributed by atoms with Crippen molar-refractivity contribution in [2.75, 3.05) is 33.4 Å². The average molecular weight is 499 g/mol. The fourth-order valence-electron chi connectivity index (χ4n) is 3.87. The summed E-state index contributed by atoms with van der Waals surface area (Å²) in [4.78, 5) is 41.4. The zero-order valence-electron chi connectivity index (χ0n) is 20.5. The van der Waals surface area contributed by atoms with Crippen LogP contribution in [0.2, 0.25) is 0 Å². The van der Waals surface area contributed by atoms with Crippen LogP contribution in [-0.2, 0) is 24.9 Å². The molecule has 0 spiro atoms. The number of amides is 1. The van der Waals surface area contributed by atoms with Gasteiger partial charge in [0.1, 0.15) is 11.7 Å². The highest BCUT2D eigenvalue weighted by Crippen LogP contribution is 2.15. The summed E-state index contributed by atoms with van der Waals surface area (Å²) in [7, 11) is 3.25. The van der Waals surface area contributed by atoms with Gasteiger partial charge in [-0.05, 0) is 24.7 Å². The summed E-state index contributed by atoms with van der Waals surface area (Å²) >= 11 is 0. The van der Waals surface area contributed by atoms with Crippen molar-refractivity contribution in [3.63, 3.8) is 0 Å². The topological polar surface area (TPSA) is 149 Å². The molecule has 2 atom stereocenters. The van der Waals surface area contributed by atoms with Crippen molar-refractivity contribution in [3.8, 4) is 0 Å². The number of morpholine rings is 1. The molecule has 2 N–H and O–H groups in total. The van der Waals surface area contributed by atoms with Gasteiger partial charge < -0.3 is 15.2 Å². The summed E-state index contributed by atoms with van der Waals surface area (Å²) < 4.78 is 7.50. The third-order valence-corrected chi connectivity index (χ3v) is 6.22. The maximum absolute atomic E-state index is 12.8. The van der Waals surface area contributed by atoms with Gasteiger partial charge in [0, 0.05) is 26.3 Å². The Balaban J connectivity index is 1.46. The molecule has 192 valence electrons. The maximum Gasteiger partial charge on any atom is 0.331 e. The van der Waals surface area contributed by atoms with Gasteiger partial charge in [0.25, 0.3) is 11.5 Å². The van der Waals surface area contributed by atoms with E-state index in [0.717, 1.165) is 22.2 Å². The Morgan fingerprint density at radius 3 is 2.72 bits per heavy atom. The quantitative estimate of drug-likeness (QED) is 0.386. The van der Waals surface area contributed by atoms with Crippen LogP contribution in [0.25, 0.3) is 0 Å². The van der Waals surface area contributed by atoms with Crippen molar-refractivity contribution in [2.45, 2.75) is 32.2 Å². The van der Waals surface area contributed by atoms with Crippen LogP contribution >= 0.6 is 0 Å². The maximum atomic E-state index is 12.8. The molecule has 0 bridgehead atoms. The van der Waals surface area contributed by atoms with Crippen LogP contribution in [0.1, 0.15) is 33.4 Å². The molecule has 1 amide bonds. The smallest absolute Gasteiger partial charge is 0.331 e. The van der Waals surface area contributed by atoms with Gasteiger partial charge in [0.2, 0.25) is 0 Å². The Morgan fingerprint density at radius 1 is 1.25 bits per heavy atom. The number of carbonyl (C=O) groups excluding carboxylic acids is 1. The SMILES string of the molecule is Cc1ccc([C@@H](O)Cn2nnc(Cn3cc(C(=O)NCC4COCCN4C)c(=O)n(C)c3=O)n2)cc1. The lowest BCUT2D eigenvalue weighted by Gasteiger charge is -2.32. The molecule has 1 fully saturated rings. The largest absolute Gasteiger partial charge is 0.386 e. The predicted octanol–water partition coefficient (Wildman–Crippen LogP) is -1.32. The Hall–Kier alpha value is -3.68. The number of aryl methyl sites for hydroxylation is 1. The predicted molar refractivity (Wildman–Crippen MR) is 129 cm³/mol. The molecule has 13 nitrogen and oxygen atoms in total. The van der Waals surface area contributed by atoms with E-state index >= 15 is 0 Å². The number of hydrogen-bond acceptors (Lipinski definition) is 9. The minimum Gasteiger partial charge on any atom is -0.386 e. The highest BCUT2D eigenvalue weighted by atomic mass is 16.5. The van der Waals surface area contributed by atoms with Crippen LogP contribution < -0.4 is 16.6 Å². The molecule has 1 unspecified atom stereocenters. The molecule has 13 heteroatoms. The zero-order valence-corrected chi connectivity index (χ0v) is 20.5. The fourth-order valence-corrected chi connectivity index (χ4v) is 3.87. The van der Waals surface area contributed by atoms with Crippen molar-refractivity contribution < 1.29 is 14.6 Å². The highest BCUT2D eigenvalue weighted by Gasteiger charge is 2.22. The van der Waals surface area contributed by atoms with E-state index in [1.165, 1.54) is 22.6 Å². The molecule has 1 aliphatic rings. The fraction of sp³-hybridized carbons (Fsp3) is 0.478. The van der Waals surface area contributed by atoms with Crippen molar-refractivity contribution >= 4 is 5.91 Å². The lowest BCUT2D eigenvalue weighted by Crippen LogP contribution is -2.50. The summed E-state index contributed by atoms with van der Waals surface area (Å²) in [6.45, 7) is 4.10. The second kappa shape index (κ2) is 10.9. The minimum absolute atomic E-state index is 0.00745. The van der Waals surface area contributed by atoms with Gasteiger partial charge in [-0.1, -0.05) is 29.8 Å². The van der Waals surface area contributed by atoms with Gasteiger partial charge in [-0.2, -0.15) is 4.80 Å². The summed E-state index contributed by atoms with van der Waals surface area (Å²) in [6, 6.07) is 7.45. The molecule has 2 aromatic heterocycles. The zero-order chi connectivity index (χ0) is 25.8. The van der Waals surface area contributed by atoms with Gasteiger partial charge in [0.05, 0.1) is 32.3 Å². The van der Waals surface area contributed by atoms with E-state index in [0.29, 0.717) is 19.8 Å². The second-order valence-corrected chi connectivity index (χ2v) is 8.92. The Labute approximate surface area is 206 Å². The van der Waals surface area contributed by atoms with Crippen molar-refractivity contribution in [2.24, 2.45) is 7.05 Å². The number of nitrogens with one attached hydrogen (secondary N) is 1. The summed E-state index contributed by atoms with van der Waals surface area (Å²) in [5.74, 6) is -0.389. The van der Waals surface area contributed by atoms with Crippen molar-refractivity contribution in [1.29, 1.82) is 0 Å². The standard InChI is InChI=1S/C23H30N8O5/c1-15-4-6-16(7-5-15)19(32)12-31-26-20(25-27-31)13-30-11-18(22(34)29(3)23(30)35)21(33)24-10-17-14-36-9-8-28(17)2/h4-7,11,17,19,32H,8-10,12-14H2,1-3H3,(H,24,33)/t17?,19-/m0/s1. The number of tetrazole rings is 1. The Morgan fingerprint density at radius 2 is 2.00 bits per heavy atom. The van der Waals surface area contributed by atoms with E-state index in [1.807, 2.05) is 38.2 Å². The van der Waals surface area contributed by atoms with E-state index in [9.17, 15) is 19.5 Å². The van der Waals surface area contributed by atoms with Crippen LogP contribution in [0.4, 0.5) is 0 Å². The minimum atomic E-state index is -0.836. The molecule has 0 saturated carbocycles. The number of ether oxygens (including phenoxy) is 1. The van der Waals surface area contributed by atoms with Gasteiger partial charge in [-0.3, -0.25) is 23.6 Å². The average Bonchev–Trinajstić information content (AvgIpc) is 3.30. The number of rotatable bonds is 8. The van der Waals surface area contributed by atoms with Crippen LogP contribution in [-0.4, -0.2) is 84.6 Å². The van der Waals surface area contributed by atoms with Crippen LogP contribution in [0.5, 0.6) is 0 Å². The number of carbonyl (C=O) groups is 1. The number of likely N-dealkylation sites (N-methyl/N-ethyl adjacent to an activating group) is 1. The number of hydrogen-bond donors (Lipinski definition) is 2. The highest BCUT2D eigenvalue weighted by molar-refractivity contribution is 5.93. The normalized spacial score (nSPS) is 17.2. The van der Waals surface area contributed by atoms with E-state index in [4.69, 9.17) is 4.74 Å². The summed E-state index contributed by atoms with van der Waals surface area (Å²) in [5, 5.41) is 25.3. The molecule has 1 aliphatic heterocycles. The molecule has 0 aliphatic carbocycles. The number of nitrogens with zero attached hydrogens (tertiary/aromatic N) is 7. The van der Waals surface area contributed by atoms with Gasteiger partial charge in [-0.25, -0.2) is 4.79 Å². The van der Waals surface area contributed by atoms with Crippen LogP contribution in [0, 0.1) is 6.92 Å². The second-order valence-electron chi connectivity index (χ2n) is 8.92. The first-order chi connectivity index (χ1) is 17.2.